The van der Waals surface area contributed by atoms with E-state index in [1.54, 1.807) is 0 Å². The molecule has 2 atom stereocenters. The number of ether oxygens (including phenoxy) is 2. The molecule has 0 saturated heterocycles. The van der Waals surface area contributed by atoms with Gasteiger partial charge in [-0.15, -0.1) is 6.58 Å². The number of phosphoric ester groups is 1. The molecule has 37 heavy (non-hydrogen) atoms. The third-order valence-corrected chi connectivity index (χ3v) is 6.76. The Labute approximate surface area is 223 Å². The van der Waals surface area contributed by atoms with E-state index in [1.807, 2.05) is 6.08 Å². The molecule has 0 aromatic rings. The van der Waals surface area contributed by atoms with Gasteiger partial charge in [-0.05, 0) is 25.7 Å². The van der Waals surface area contributed by atoms with Gasteiger partial charge in [0.15, 0.2) is 6.10 Å². The molecule has 0 aromatic carbocycles. The SMILES string of the molecule is C=CCCCCCCCCCC(=O)O[C@H](COC(=O)CCCCCCCCC)COP(=O)(O)OCCO. The molecule has 0 amide bonds. The summed E-state index contributed by atoms with van der Waals surface area (Å²) in [5, 5.41) is 8.76. The fourth-order valence-electron chi connectivity index (χ4n) is 3.66. The summed E-state index contributed by atoms with van der Waals surface area (Å²) in [5.74, 6) is -0.891. The van der Waals surface area contributed by atoms with E-state index in [2.05, 4.69) is 18.0 Å². The van der Waals surface area contributed by atoms with Crippen molar-refractivity contribution in [3.05, 3.63) is 12.7 Å². The molecule has 0 fully saturated rings. The lowest BCUT2D eigenvalue weighted by atomic mass is 10.1. The smallest absolute Gasteiger partial charge is 0.462 e. The van der Waals surface area contributed by atoms with Gasteiger partial charge in [0.05, 0.1) is 19.8 Å². The largest absolute Gasteiger partial charge is 0.472 e. The zero-order valence-electron chi connectivity index (χ0n) is 22.9. The van der Waals surface area contributed by atoms with Crippen molar-refractivity contribution in [2.45, 2.75) is 122 Å². The van der Waals surface area contributed by atoms with Crippen LogP contribution in [0.3, 0.4) is 0 Å². The van der Waals surface area contributed by atoms with Gasteiger partial charge in [0, 0.05) is 12.8 Å². The Balaban J connectivity index is 4.38. The predicted molar refractivity (Wildman–Crippen MR) is 144 cm³/mol. The third-order valence-electron chi connectivity index (χ3n) is 5.77. The van der Waals surface area contributed by atoms with Crippen LogP contribution in [0, 0.1) is 0 Å². The van der Waals surface area contributed by atoms with Crippen LogP contribution in [-0.2, 0) is 32.7 Å². The topological polar surface area (TPSA) is 129 Å². The van der Waals surface area contributed by atoms with Crippen LogP contribution in [0.5, 0.6) is 0 Å². The monoisotopic (exact) mass is 550 g/mol. The van der Waals surface area contributed by atoms with Gasteiger partial charge in [-0.1, -0.05) is 83.6 Å². The van der Waals surface area contributed by atoms with Gasteiger partial charge in [0.25, 0.3) is 0 Å². The van der Waals surface area contributed by atoms with E-state index in [-0.39, 0.29) is 26.1 Å². The molecule has 0 aliphatic carbocycles. The molecule has 0 spiro atoms. The van der Waals surface area contributed by atoms with E-state index in [4.69, 9.17) is 19.1 Å². The van der Waals surface area contributed by atoms with Gasteiger partial charge in [-0.3, -0.25) is 18.6 Å². The molecule has 0 radical (unpaired) electrons. The second-order valence-corrected chi connectivity index (χ2v) is 10.7. The zero-order valence-corrected chi connectivity index (χ0v) is 23.8. The molecular formula is C27H51O9P. The summed E-state index contributed by atoms with van der Waals surface area (Å²) >= 11 is 0. The van der Waals surface area contributed by atoms with Crippen LogP contribution in [0.1, 0.15) is 116 Å². The number of rotatable bonds is 27. The minimum atomic E-state index is -4.43. The summed E-state index contributed by atoms with van der Waals surface area (Å²) in [6.45, 7) is 4.32. The van der Waals surface area contributed by atoms with Crippen molar-refractivity contribution in [2.24, 2.45) is 0 Å². The minimum Gasteiger partial charge on any atom is -0.462 e. The van der Waals surface area contributed by atoms with Crippen molar-refractivity contribution in [1.82, 2.24) is 0 Å². The first kappa shape index (κ1) is 35.8. The number of aliphatic hydroxyl groups excluding tert-OH is 1. The van der Waals surface area contributed by atoms with Crippen molar-refractivity contribution in [3.8, 4) is 0 Å². The van der Waals surface area contributed by atoms with Crippen molar-refractivity contribution >= 4 is 19.8 Å². The number of allylic oxidation sites excluding steroid dienone is 1. The highest BCUT2D eigenvalue weighted by Gasteiger charge is 2.26. The summed E-state index contributed by atoms with van der Waals surface area (Å²) in [7, 11) is -4.43. The normalized spacial score (nSPS) is 13.6. The number of hydrogen-bond donors (Lipinski definition) is 2. The number of esters is 2. The maximum atomic E-state index is 12.3. The van der Waals surface area contributed by atoms with Gasteiger partial charge < -0.3 is 19.5 Å². The van der Waals surface area contributed by atoms with Crippen LogP contribution in [0.15, 0.2) is 12.7 Å². The Morgan fingerprint density at radius 2 is 1.35 bits per heavy atom. The van der Waals surface area contributed by atoms with Gasteiger partial charge >= 0.3 is 19.8 Å². The molecule has 0 rings (SSSR count). The lowest BCUT2D eigenvalue weighted by molar-refractivity contribution is -0.161. The number of carbonyl (C=O) groups is 2. The first-order chi connectivity index (χ1) is 17.8. The number of phosphoric acid groups is 1. The summed E-state index contributed by atoms with van der Waals surface area (Å²) < 4.78 is 31.9. The zero-order chi connectivity index (χ0) is 27.6. The highest BCUT2D eigenvalue weighted by molar-refractivity contribution is 7.47. The number of hydrogen-bond acceptors (Lipinski definition) is 8. The quantitative estimate of drug-likeness (QED) is 0.0516. The summed E-state index contributed by atoms with van der Waals surface area (Å²) in [5.41, 5.74) is 0. The van der Waals surface area contributed by atoms with E-state index in [0.29, 0.717) is 6.42 Å². The lowest BCUT2D eigenvalue weighted by Crippen LogP contribution is -2.29. The summed E-state index contributed by atoms with van der Waals surface area (Å²) in [4.78, 5) is 34.1. The van der Waals surface area contributed by atoms with Gasteiger partial charge in [-0.25, -0.2) is 4.57 Å². The van der Waals surface area contributed by atoms with Gasteiger partial charge in [0.1, 0.15) is 6.61 Å². The molecule has 0 saturated carbocycles. The molecule has 0 aliphatic heterocycles. The maximum absolute atomic E-state index is 12.3. The van der Waals surface area contributed by atoms with Crippen LogP contribution in [0.25, 0.3) is 0 Å². The second-order valence-electron chi connectivity index (χ2n) is 9.29. The fourth-order valence-corrected chi connectivity index (χ4v) is 4.40. The third kappa shape index (κ3) is 24.8. The second kappa shape index (κ2) is 25.1. The molecule has 0 aliphatic rings. The number of unbranched alkanes of at least 4 members (excludes halogenated alkanes) is 13. The highest BCUT2D eigenvalue weighted by atomic mass is 31.2. The Morgan fingerprint density at radius 1 is 0.811 bits per heavy atom. The van der Waals surface area contributed by atoms with Crippen LogP contribution < -0.4 is 0 Å². The van der Waals surface area contributed by atoms with Crippen molar-refractivity contribution < 1.29 is 42.7 Å². The van der Waals surface area contributed by atoms with E-state index in [9.17, 15) is 19.0 Å². The number of aliphatic hydroxyl groups is 1. The van der Waals surface area contributed by atoms with Crippen LogP contribution >= 0.6 is 7.82 Å². The van der Waals surface area contributed by atoms with Crippen LogP contribution in [0.4, 0.5) is 0 Å². The molecule has 10 heteroatoms. The van der Waals surface area contributed by atoms with Gasteiger partial charge in [0.2, 0.25) is 0 Å². The van der Waals surface area contributed by atoms with E-state index in [1.165, 1.54) is 32.1 Å². The Kier molecular flexibility index (Phi) is 24.2. The minimum absolute atomic E-state index is 0.205. The van der Waals surface area contributed by atoms with E-state index < -0.39 is 39.1 Å². The standard InChI is InChI=1S/C27H51O9P/c1-3-5-7-9-11-12-14-16-18-20-27(30)36-25(24-35-37(31,32)34-22-21-28)23-33-26(29)19-17-15-13-10-8-6-4-2/h3,25,28H,1,4-24H2,2H3,(H,31,32)/t25-/m1/s1. The first-order valence-electron chi connectivity index (χ1n) is 14.0. The Bertz CT molecular complexity index is 627. The van der Waals surface area contributed by atoms with Crippen molar-refractivity contribution in [2.75, 3.05) is 26.4 Å². The molecule has 9 nitrogen and oxygen atoms in total. The molecule has 0 aromatic heterocycles. The summed E-state index contributed by atoms with van der Waals surface area (Å²) in [6, 6.07) is 0. The summed E-state index contributed by atoms with van der Waals surface area (Å²) in [6.07, 6.45) is 17.2. The Hall–Kier alpha value is -1.25. The average Bonchev–Trinajstić information content (AvgIpc) is 2.87. The first-order valence-corrected chi connectivity index (χ1v) is 15.5. The van der Waals surface area contributed by atoms with E-state index >= 15 is 0 Å². The highest BCUT2D eigenvalue weighted by Crippen LogP contribution is 2.43. The molecule has 1 unspecified atom stereocenters. The lowest BCUT2D eigenvalue weighted by Gasteiger charge is -2.19. The maximum Gasteiger partial charge on any atom is 0.472 e. The molecule has 0 bridgehead atoms. The Morgan fingerprint density at radius 3 is 1.92 bits per heavy atom. The van der Waals surface area contributed by atoms with E-state index in [0.717, 1.165) is 57.8 Å². The molecule has 218 valence electrons. The van der Waals surface area contributed by atoms with Crippen LogP contribution in [-0.4, -0.2) is 54.5 Å². The molecular weight excluding hydrogens is 499 g/mol. The average molecular weight is 551 g/mol. The van der Waals surface area contributed by atoms with Gasteiger partial charge in [-0.2, -0.15) is 0 Å². The molecule has 2 N–H and O–H groups in total. The predicted octanol–water partition coefficient (Wildman–Crippen LogP) is 6.40. The van der Waals surface area contributed by atoms with Crippen molar-refractivity contribution in [3.63, 3.8) is 0 Å². The molecule has 0 heterocycles. The fraction of sp³-hybridized carbons (Fsp3) is 0.852. The number of carbonyl (C=O) groups excluding carboxylic acids is 2. The van der Waals surface area contributed by atoms with Crippen LogP contribution in [0.2, 0.25) is 0 Å². The van der Waals surface area contributed by atoms with Crippen molar-refractivity contribution in [1.29, 1.82) is 0 Å².